The summed E-state index contributed by atoms with van der Waals surface area (Å²) in [5.41, 5.74) is 2.25. The summed E-state index contributed by atoms with van der Waals surface area (Å²) in [6.07, 6.45) is 4.07. The Balaban J connectivity index is 1.90. The molecule has 0 atom stereocenters. The summed E-state index contributed by atoms with van der Waals surface area (Å²) < 4.78 is 7.38. The predicted molar refractivity (Wildman–Crippen MR) is 65.8 cm³/mol. The maximum absolute atomic E-state index is 5.39. The first-order valence-corrected chi connectivity index (χ1v) is 6.13. The topological polar surface area (TPSA) is 43.0 Å². The molecule has 0 bridgehead atoms. The van der Waals surface area contributed by atoms with E-state index in [4.69, 9.17) is 4.42 Å². The zero-order valence-electron chi connectivity index (χ0n) is 10.0. The third kappa shape index (κ3) is 2.00. The molecule has 0 aromatic carbocycles. The van der Waals surface area contributed by atoms with E-state index < -0.39 is 0 Å². The number of nitrogens with one attached hydrogen (secondary N) is 1. The fourth-order valence-corrected chi connectivity index (χ4v) is 2.53. The Morgan fingerprint density at radius 2 is 2.24 bits per heavy atom. The van der Waals surface area contributed by atoms with Crippen LogP contribution in [0.2, 0.25) is 0 Å². The van der Waals surface area contributed by atoms with Crippen LogP contribution in [0, 0.1) is 0 Å². The average Bonchev–Trinajstić information content (AvgIpc) is 2.99. The van der Waals surface area contributed by atoms with Gasteiger partial charge in [0.25, 0.3) is 0 Å². The molecule has 2 aromatic rings. The number of aryl methyl sites for hydroxylation is 1. The number of nitrogens with zero attached hydrogens (tertiary/aromatic N) is 2. The Kier molecular flexibility index (Phi) is 2.73. The lowest BCUT2D eigenvalue weighted by molar-refractivity contribution is 0.440. The van der Waals surface area contributed by atoms with Crippen LogP contribution in [-0.4, -0.2) is 22.9 Å². The minimum Gasteiger partial charge on any atom is -0.463 e. The van der Waals surface area contributed by atoms with E-state index in [0.717, 1.165) is 24.5 Å². The zero-order valence-corrected chi connectivity index (χ0v) is 10.0. The van der Waals surface area contributed by atoms with Crippen LogP contribution < -0.4 is 5.32 Å². The summed E-state index contributed by atoms with van der Waals surface area (Å²) in [7, 11) is 2.02. The molecule has 1 aliphatic rings. The molecule has 1 N–H and O–H groups in total. The van der Waals surface area contributed by atoms with E-state index in [-0.39, 0.29) is 0 Å². The molecule has 0 radical (unpaired) electrons. The van der Waals surface area contributed by atoms with E-state index in [1.54, 1.807) is 6.26 Å². The molecule has 1 aliphatic heterocycles. The molecule has 90 valence electrons. The van der Waals surface area contributed by atoms with Crippen LogP contribution in [-0.2, 0) is 7.05 Å². The minimum absolute atomic E-state index is 0.623. The maximum Gasteiger partial charge on any atom is 0.154 e. The lowest BCUT2D eigenvalue weighted by Gasteiger charge is -2.22. The third-order valence-electron chi connectivity index (χ3n) is 3.45. The van der Waals surface area contributed by atoms with Crippen molar-refractivity contribution in [3.63, 3.8) is 0 Å². The molecular weight excluding hydrogens is 214 g/mol. The van der Waals surface area contributed by atoms with Gasteiger partial charge in [0.1, 0.15) is 5.69 Å². The minimum atomic E-state index is 0.623. The molecule has 1 fully saturated rings. The van der Waals surface area contributed by atoms with Gasteiger partial charge in [0.2, 0.25) is 0 Å². The quantitative estimate of drug-likeness (QED) is 0.861. The molecule has 0 amide bonds. The Labute approximate surface area is 101 Å². The zero-order chi connectivity index (χ0) is 11.7. The van der Waals surface area contributed by atoms with Crippen molar-refractivity contribution < 1.29 is 4.42 Å². The smallest absolute Gasteiger partial charge is 0.154 e. The monoisotopic (exact) mass is 231 g/mol. The van der Waals surface area contributed by atoms with E-state index in [1.165, 1.54) is 18.5 Å². The van der Waals surface area contributed by atoms with Gasteiger partial charge in [-0.25, -0.2) is 0 Å². The van der Waals surface area contributed by atoms with Gasteiger partial charge < -0.3 is 9.73 Å². The van der Waals surface area contributed by atoms with Crippen LogP contribution in [0.4, 0.5) is 0 Å². The first kappa shape index (κ1) is 10.6. The number of hydrogen-bond acceptors (Lipinski definition) is 3. The van der Waals surface area contributed by atoms with Crippen molar-refractivity contribution >= 4 is 0 Å². The average molecular weight is 231 g/mol. The second-order valence-electron chi connectivity index (χ2n) is 4.58. The molecule has 17 heavy (non-hydrogen) atoms. The van der Waals surface area contributed by atoms with Crippen molar-refractivity contribution in [2.75, 3.05) is 13.1 Å². The van der Waals surface area contributed by atoms with Crippen molar-refractivity contribution in [3.8, 4) is 11.5 Å². The van der Waals surface area contributed by atoms with Crippen molar-refractivity contribution in [2.45, 2.75) is 18.8 Å². The summed E-state index contributed by atoms with van der Waals surface area (Å²) in [5, 5.41) is 7.92. The Morgan fingerprint density at radius 1 is 1.41 bits per heavy atom. The molecule has 1 saturated heterocycles. The van der Waals surface area contributed by atoms with Crippen LogP contribution in [0.15, 0.2) is 28.9 Å². The molecule has 4 heteroatoms. The van der Waals surface area contributed by atoms with Gasteiger partial charge in [-0.2, -0.15) is 5.10 Å². The third-order valence-corrected chi connectivity index (χ3v) is 3.45. The Morgan fingerprint density at radius 3 is 2.94 bits per heavy atom. The Hall–Kier alpha value is -1.55. The molecule has 3 heterocycles. The molecule has 0 saturated carbocycles. The van der Waals surface area contributed by atoms with Gasteiger partial charge >= 0.3 is 0 Å². The van der Waals surface area contributed by atoms with Crippen LogP contribution >= 0.6 is 0 Å². The van der Waals surface area contributed by atoms with E-state index in [9.17, 15) is 0 Å². The normalized spacial score (nSPS) is 17.5. The highest BCUT2D eigenvalue weighted by molar-refractivity contribution is 5.52. The van der Waals surface area contributed by atoms with Crippen molar-refractivity contribution in [1.82, 2.24) is 15.1 Å². The highest BCUT2D eigenvalue weighted by Gasteiger charge is 2.20. The lowest BCUT2D eigenvalue weighted by atomic mass is 9.94. The van der Waals surface area contributed by atoms with Crippen molar-refractivity contribution in [3.05, 3.63) is 30.2 Å². The van der Waals surface area contributed by atoms with E-state index >= 15 is 0 Å². The number of aromatic nitrogens is 2. The highest BCUT2D eigenvalue weighted by Crippen LogP contribution is 2.28. The predicted octanol–water partition coefficient (Wildman–Crippen LogP) is 2.15. The van der Waals surface area contributed by atoms with Crippen LogP contribution in [0.1, 0.15) is 24.5 Å². The van der Waals surface area contributed by atoms with E-state index in [1.807, 2.05) is 23.9 Å². The van der Waals surface area contributed by atoms with Gasteiger partial charge in [-0.3, -0.25) is 4.68 Å². The molecular formula is C13H17N3O. The standard InChI is InChI=1S/C13H17N3O/c1-16-12(10-4-6-14-7-5-10)9-11(15-16)13-3-2-8-17-13/h2-3,8-10,14H,4-7H2,1H3. The molecule has 0 unspecified atom stereocenters. The largest absolute Gasteiger partial charge is 0.463 e. The molecule has 2 aromatic heterocycles. The van der Waals surface area contributed by atoms with Gasteiger partial charge in [0.05, 0.1) is 6.26 Å². The van der Waals surface area contributed by atoms with Crippen LogP contribution in [0.5, 0.6) is 0 Å². The fraction of sp³-hybridized carbons (Fsp3) is 0.462. The highest BCUT2D eigenvalue weighted by atomic mass is 16.3. The number of hydrogen-bond donors (Lipinski definition) is 1. The number of rotatable bonds is 2. The maximum atomic E-state index is 5.39. The van der Waals surface area contributed by atoms with Gasteiger partial charge in [-0.15, -0.1) is 0 Å². The number of furan rings is 1. The molecule has 4 nitrogen and oxygen atoms in total. The summed E-state index contributed by atoms with van der Waals surface area (Å²) >= 11 is 0. The first-order chi connectivity index (χ1) is 8.34. The van der Waals surface area contributed by atoms with Crippen molar-refractivity contribution in [1.29, 1.82) is 0 Å². The van der Waals surface area contributed by atoms with Crippen LogP contribution in [0.25, 0.3) is 11.5 Å². The molecule has 0 aliphatic carbocycles. The van der Waals surface area contributed by atoms with Gasteiger partial charge in [0.15, 0.2) is 5.76 Å². The van der Waals surface area contributed by atoms with Gasteiger partial charge in [-0.1, -0.05) is 0 Å². The van der Waals surface area contributed by atoms with E-state index in [0.29, 0.717) is 5.92 Å². The second kappa shape index (κ2) is 4.37. The fourth-order valence-electron chi connectivity index (χ4n) is 2.53. The van der Waals surface area contributed by atoms with Crippen molar-refractivity contribution in [2.24, 2.45) is 7.05 Å². The summed E-state index contributed by atoms with van der Waals surface area (Å²) in [6.45, 7) is 2.21. The van der Waals surface area contributed by atoms with Gasteiger partial charge in [0, 0.05) is 18.7 Å². The summed E-state index contributed by atoms with van der Waals surface area (Å²) in [6, 6.07) is 6.01. The Bertz CT molecular complexity index is 481. The second-order valence-corrected chi connectivity index (χ2v) is 4.58. The van der Waals surface area contributed by atoms with Crippen LogP contribution in [0.3, 0.4) is 0 Å². The molecule has 0 spiro atoms. The lowest BCUT2D eigenvalue weighted by Crippen LogP contribution is -2.27. The first-order valence-electron chi connectivity index (χ1n) is 6.13. The number of piperidine rings is 1. The van der Waals surface area contributed by atoms with Gasteiger partial charge in [-0.05, 0) is 44.1 Å². The van der Waals surface area contributed by atoms with E-state index in [2.05, 4.69) is 16.5 Å². The summed E-state index contributed by atoms with van der Waals surface area (Å²) in [4.78, 5) is 0. The SMILES string of the molecule is Cn1nc(-c2ccco2)cc1C1CCNCC1. The molecule has 3 rings (SSSR count). The summed E-state index contributed by atoms with van der Waals surface area (Å²) in [5.74, 6) is 1.47.